The summed E-state index contributed by atoms with van der Waals surface area (Å²) in [6, 6.07) is 2.88. The number of nitrogens with one attached hydrogen (secondary N) is 1. The van der Waals surface area contributed by atoms with Gasteiger partial charge in [0.1, 0.15) is 5.69 Å². The molecule has 17 heavy (non-hydrogen) atoms. The standard InChI is InChI=1S/C10H11N5O2/c11-10(4-1-5-10)9-12-8(17-15-9)6-2-3-7(16)14-13-6/h2-3H,1,4-5,11H2,(H,14,16). The van der Waals surface area contributed by atoms with Crippen LogP contribution in [0.2, 0.25) is 0 Å². The second-order valence-corrected chi connectivity index (χ2v) is 4.24. The number of H-pyrrole nitrogens is 1. The molecule has 0 aliphatic heterocycles. The molecule has 0 atom stereocenters. The molecule has 1 fully saturated rings. The molecule has 0 aromatic carbocycles. The van der Waals surface area contributed by atoms with E-state index in [0.29, 0.717) is 11.5 Å². The van der Waals surface area contributed by atoms with Gasteiger partial charge in [-0.1, -0.05) is 5.16 Å². The SMILES string of the molecule is NC1(c2noc(-c3ccc(=O)[nH]n3)n2)CCC1. The summed E-state index contributed by atoms with van der Waals surface area (Å²) in [5.74, 6) is 0.778. The van der Waals surface area contributed by atoms with E-state index in [0.717, 1.165) is 19.3 Å². The first-order chi connectivity index (χ1) is 8.17. The number of hydrogen-bond acceptors (Lipinski definition) is 6. The number of nitrogens with zero attached hydrogens (tertiary/aromatic N) is 3. The van der Waals surface area contributed by atoms with Crippen LogP contribution < -0.4 is 11.3 Å². The van der Waals surface area contributed by atoms with Gasteiger partial charge in [0.15, 0.2) is 5.82 Å². The Labute approximate surface area is 96.0 Å². The summed E-state index contributed by atoms with van der Waals surface area (Å²) in [5.41, 5.74) is 5.78. The van der Waals surface area contributed by atoms with Crippen LogP contribution in [0.15, 0.2) is 21.5 Å². The van der Waals surface area contributed by atoms with E-state index in [4.69, 9.17) is 10.3 Å². The van der Waals surface area contributed by atoms with E-state index in [-0.39, 0.29) is 11.4 Å². The maximum Gasteiger partial charge on any atom is 0.278 e. The molecular formula is C10H11N5O2. The van der Waals surface area contributed by atoms with Gasteiger partial charge in [0.2, 0.25) is 0 Å². The summed E-state index contributed by atoms with van der Waals surface area (Å²) in [7, 11) is 0. The first kappa shape index (κ1) is 10.2. The van der Waals surface area contributed by atoms with E-state index in [1.165, 1.54) is 12.1 Å². The summed E-state index contributed by atoms with van der Waals surface area (Å²) < 4.78 is 5.09. The van der Waals surface area contributed by atoms with E-state index in [1.54, 1.807) is 0 Å². The fraction of sp³-hybridized carbons (Fsp3) is 0.400. The van der Waals surface area contributed by atoms with Crippen molar-refractivity contribution in [3.63, 3.8) is 0 Å². The highest BCUT2D eigenvalue weighted by molar-refractivity contribution is 5.44. The monoisotopic (exact) mass is 233 g/mol. The Kier molecular flexibility index (Phi) is 2.08. The fourth-order valence-corrected chi connectivity index (χ4v) is 1.77. The van der Waals surface area contributed by atoms with Gasteiger partial charge in [0.05, 0.1) is 5.54 Å². The molecule has 1 aliphatic carbocycles. The van der Waals surface area contributed by atoms with Gasteiger partial charge in [-0.3, -0.25) is 4.79 Å². The molecule has 0 radical (unpaired) electrons. The van der Waals surface area contributed by atoms with Crippen molar-refractivity contribution in [2.75, 3.05) is 0 Å². The number of aromatic amines is 1. The average Bonchev–Trinajstić information content (AvgIpc) is 2.76. The highest BCUT2D eigenvalue weighted by Crippen LogP contribution is 2.37. The number of rotatable bonds is 2. The lowest BCUT2D eigenvalue weighted by atomic mass is 9.77. The van der Waals surface area contributed by atoms with Gasteiger partial charge in [0, 0.05) is 6.07 Å². The van der Waals surface area contributed by atoms with Crippen molar-refractivity contribution in [3.05, 3.63) is 28.3 Å². The number of aromatic nitrogens is 4. The molecule has 0 spiro atoms. The van der Waals surface area contributed by atoms with Crippen LogP contribution in [0.1, 0.15) is 25.1 Å². The topological polar surface area (TPSA) is 111 Å². The summed E-state index contributed by atoms with van der Waals surface area (Å²) >= 11 is 0. The van der Waals surface area contributed by atoms with Crippen LogP contribution in [0.3, 0.4) is 0 Å². The van der Waals surface area contributed by atoms with Crippen LogP contribution in [-0.4, -0.2) is 20.3 Å². The van der Waals surface area contributed by atoms with Gasteiger partial charge in [-0.05, 0) is 25.3 Å². The van der Waals surface area contributed by atoms with Crippen molar-refractivity contribution < 1.29 is 4.52 Å². The minimum Gasteiger partial charge on any atom is -0.332 e. The molecule has 2 aromatic heterocycles. The molecule has 0 bridgehead atoms. The van der Waals surface area contributed by atoms with Crippen molar-refractivity contribution >= 4 is 0 Å². The average molecular weight is 233 g/mol. The predicted molar refractivity (Wildman–Crippen MR) is 57.9 cm³/mol. The first-order valence-corrected chi connectivity index (χ1v) is 5.37. The Balaban J connectivity index is 1.94. The molecule has 3 N–H and O–H groups in total. The van der Waals surface area contributed by atoms with Crippen LogP contribution in [0.25, 0.3) is 11.6 Å². The molecule has 0 saturated heterocycles. The largest absolute Gasteiger partial charge is 0.332 e. The minimum atomic E-state index is -0.454. The normalized spacial score (nSPS) is 17.7. The van der Waals surface area contributed by atoms with Crippen LogP contribution in [-0.2, 0) is 5.54 Å². The molecule has 0 unspecified atom stereocenters. The molecule has 1 saturated carbocycles. The summed E-state index contributed by atoms with van der Waals surface area (Å²) in [5, 5.41) is 9.99. The summed E-state index contributed by atoms with van der Waals surface area (Å²) in [4.78, 5) is 15.1. The molecule has 7 nitrogen and oxygen atoms in total. The van der Waals surface area contributed by atoms with Crippen LogP contribution in [0.4, 0.5) is 0 Å². The van der Waals surface area contributed by atoms with Gasteiger partial charge in [-0.25, -0.2) is 5.10 Å². The van der Waals surface area contributed by atoms with Gasteiger partial charge < -0.3 is 10.3 Å². The van der Waals surface area contributed by atoms with Crippen molar-refractivity contribution in [3.8, 4) is 11.6 Å². The Morgan fingerprint density at radius 3 is 2.82 bits per heavy atom. The lowest BCUT2D eigenvalue weighted by Crippen LogP contribution is -2.44. The third-order valence-electron chi connectivity index (χ3n) is 3.02. The van der Waals surface area contributed by atoms with Crippen LogP contribution >= 0.6 is 0 Å². The quantitative estimate of drug-likeness (QED) is 0.764. The zero-order valence-corrected chi connectivity index (χ0v) is 9.01. The highest BCUT2D eigenvalue weighted by Gasteiger charge is 2.39. The molecular weight excluding hydrogens is 222 g/mol. The van der Waals surface area contributed by atoms with E-state index in [2.05, 4.69) is 20.3 Å². The molecule has 2 heterocycles. The van der Waals surface area contributed by atoms with Gasteiger partial charge in [-0.15, -0.1) is 0 Å². The third kappa shape index (κ3) is 1.64. The van der Waals surface area contributed by atoms with Gasteiger partial charge in [-0.2, -0.15) is 10.1 Å². The van der Waals surface area contributed by atoms with E-state index in [1.807, 2.05) is 0 Å². The maximum absolute atomic E-state index is 10.9. The molecule has 2 aromatic rings. The zero-order valence-electron chi connectivity index (χ0n) is 9.01. The highest BCUT2D eigenvalue weighted by atomic mass is 16.5. The molecule has 88 valence electrons. The number of hydrogen-bond donors (Lipinski definition) is 2. The smallest absolute Gasteiger partial charge is 0.278 e. The van der Waals surface area contributed by atoms with Crippen molar-refractivity contribution in [2.45, 2.75) is 24.8 Å². The Bertz CT molecular complexity index is 578. The molecule has 3 rings (SSSR count). The Morgan fingerprint density at radius 2 is 2.24 bits per heavy atom. The zero-order chi connectivity index (χ0) is 11.9. The summed E-state index contributed by atoms with van der Waals surface area (Å²) in [6.07, 6.45) is 2.81. The molecule has 1 aliphatic rings. The van der Waals surface area contributed by atoms with Gasteiger partial charge >= 0.3 is 0 Å². The van der Waals surface area contributed by atoms with E-state index >= 15 is 0 Å². The minimum absolute atomic E-state index is 0.271. The van der Waals surface area contributed by atoms with Gasteiger partial charge in [0.25, 0.3) is 11.4 Å². The second kappa shape index (κ2) is 3.49. The fourth-order valence-electron chi connectivity index (χ4n) is 1.77. The van der Waals surface area contributed by atoms with Crippen molar-refractivity contribution in [2.24, 2.45) is 5.73 Å². The first-order valence-electron chi connectivity index (χ1n) is 5.37. The second-order valence-electron chi connectivity index (χ2n) is 4.24. The molecule has 0 amide bonds. The Hall–Kier alpha value is -2.02. The summed E-state index contributed by atoms with van der Waals surface area (Å²) in [6.45, 7) is 0. The number of nitrogens with two attached hydrogens (primary N) is 1. The van der Waals surface area contributed by atoms with E-state index in [9.17, 15) is 4.79 Å². The lowest BCUT2D eigenvalue weighted by molar-refractivity contribution is 0.229. The Morgan fingerprint density at radius 1 is 1.41 bits per heavy atom. The lowest BCUT2D eigenvalue weighted by Gasteiger charge is -2.34. The molecule has 7 heteroatoms. The van der Waals surface area contributed by atoms with E-state index < -0.39 is 5.54 Å². The van der Waals surface area contributed by atoms with Crippen molar-refractivity contribution in [1.82, 2.24) is 20.3 Å². The van der Waals surface area contributed by atoms with Crippen LogP contribution in [0.5, 0.6) is 0 Å². The van der Waals surface area contributed by atoms with Crippen molar-refractivity contribution in [1.29, 1.82) is 0 Å². The predicted octanol–water partition coefficient (Wildman–Crippen LogP) is 0.158. The third-order valence-corrected chi connectivity index (χ3v) is 3.02. The maximum atomic E-state index is 10.9. The van der Waals surface area contributed by atoms with Crippen LogP contribution in [0, 0.1) is 0 Å².